The molecule has 2 heterocycles. The highest BCUT2D eigenvalue weighted by atomic mass is 32.2. The van der Waals surface area contributed by atoms with E-state index in [4.69, 9.17) is 5.73 Å². The molecule has 6 heteroatoms. The van der Waals surface area contributed by atoms with Gasteiger partial charge in [-0.2, -0.15) is 0 Å². The van der Waals surface area contributed by atoms with Crippen molar-refractivity contribution in [3.63, 3.8) is 0 Å². The Hall–Kier alpha value is -1.82. The number of piperidine rings is 1. The minimum atomic E-state index is -0.0882. The monoisotopic (exact) mass is 344 g/mol. The van der Waals surface area contributed by atoms with E-state index in [1.807, 2.05) is 36.1 Å². The first-order valence-corrected chi connectivity index (χ1v) is 9.51. The molecule has 24 heavy (non-hydrogen) atoms. The van der Waals surface area contributed by atoms with Crippen LogP contribution in [0.25, 0.3) is 10.9 Å². The van der Waals surface area contributed by atoms with E-state index in [9.17, 15) is 4.79 Å². The predicted octanol–water partition coefficient (Wildman–Crippen LogP) is 3.09. The number of thioether (sulfide) groups is 1. The Morgan fingerprint density at radius 2 is 2.04 bits per heavy atom. The van der Waals surface area contributed by atoms with Gasteiger partial charge in [-0.25, -0.2) is 9.97 Å². The van der Waals surface area contributed by atoms with E-state index in [1.54, 1.807) is 11.8 Å². The summed E-state index contributed by atoms with van der Waals surface area (Å²) in [6, 6.07) is 7.72. The van der Waals surface area contributed by atoms with Crippen LogP contribution in [0.3, 0.4) is 0 Å². The standard InChI is InChI=1S/C18H24N4OS/c1-12-7-9-22(10-8-12)18(23)13(2)24-11-16-20-15-6-4-3-5-14(15)17(19)21-16/h3-6,12-13H,7-11H2,1-2H3,(H2,19,20,21)/t13-/m0/s1. The lowest BCUT2D eigenvalue weighted by Gasteiger charge is -2.32. The highest BCUT2D eigenvalue weighted by molar-refractivity contribution is 7.99. The van der Waals surface area contributed by atoms with Gasteiger partial charge in [0.25, 0.3) is 0 Å². The summed E-state index contributed by atoms with van der Waals surface area (Å²) in [5.74, 6) is 2.72. The maximum atomic E-state index is 12.5. The molecule has 0 saturated carbocycles. The summed E-state index contributed by atoms with van der Waals surface area (Å²) >= 11 is 1.58. The topological polar surface area (TPSA) is 72.1 Å². The number of rotatable bonds is 4. The number of aromatic nitrogens is 2. The summed E-state index contributed by atoms with van der Waals surface area (Å²) in [5.41, 5.74) is 6.87. The first-order chi connectivity index (χ1) is 11.5. The summed E-state index contributed by atoms with van der Waals surface area (Å²) in [6.07, 6.45) is 2.21. The van der Waals surface area contributed by atoms with Crippen LogP contribution in [0.1, 0.15) is 32.5 Å². The number of nitrogens with two attached hydrogens (primary N) is 1. The third kappa shape index (κ3) is 3.80. The van der Waals surface area contributed by atoms with Gasteiger partial charge in [0.2, 0.25) is 5.91 Å². The van der Waals surface area contributed by atoms with Gasteiger partial charge in [0.1, 0.15) is 11.6 Å². The zero-order chi connectivity index (χ0) is 17.1. The van der Waals surface area contributed by atoms with Crippen molar-refractivity contribution in [1.29, 1.82) is 0 Å². The second-order valence-corrected chi connectivity index (χ2v) is 7.83. The smallest absolute Gasteiger partial charge is 0.235 e. The molecule has 1 aromatic carbocycles. The van der Waals surface area contributed by atoms with E-state index in [2.05, 4.69) is 16.9 Å². The van der Waals surface area contributed by atoms with Crippen molar-refractivity contribution in [2.24, 2.45) is 5.92 Å². The molecule has 3 rings (SSSR count). The van der Waals surface area contributed by atoms with E-state index in [0.29, 0.717) is 17.4 Å². The van der Waals surface area contributed by atoms with Crippen molar-refractivity contribution in [3.8, 4) is 0 Å². The predicted molar refractivity (Wildman–Crippen MR) is 99.7 cm³/mol. The molecule has 0 spiro atoms. The van der Waals surface area contributed by atoms with Gasteiger partial charge in [-0.15, -0.1) is 11.8 Å². The first-order valence-electron chi connectivity index (χ1n) is 8.46. The fourth-order valence-electron chi connectivity index (χ4n) is 2.97. The number of carbonyl (C=O) groups is 1. The highest BCUT2D eigenvalue weighted by Crippen LogP contribution is 2.24. The molecule has 1 aliphatic heterocycles. The molecule has 0 bridgehead atoms. The molecule has 2 N–H and O–H groups in total. The van der Waals surface area contributed by atoms with Gasteiger partial charge in [0.15, 0.2) is 0 Å². The molecule has 1 aliphatic rings. The number of anilines is 1. The molecule has 1 amide bonds. The van der Waals surface area contributed by atoms with Crippen molar-refractivity contribution in [2.45, 2.75) is 37.7 Å². The van der Waals surface area contributed by atoms with Crippen LogP contribution in [0.4, 0.5) is 5.82 Å². The van der Waals surface area contributed by atoms with E-state index >= 15 is 0 Å². The number of amides is 1. The average molecular weight is 344 g/mol. The molecule has 128 valence electrons. The fraction of sp³-hybridized carbons (Fsp3) is 0.500. The molecule has 5 nitrogen and oxygen atoms in total. The summed E-state index contributed by atoms with van der Waals surface area (Å²) < 4.78 is 0. The SMILES string of the molecule is CC1CCN(C(=O)[C@H](C)SCc2nc(N)c3ccccc3n2)CC1. The van der Waals surface area contributed by atoms with Gasteiger partial charge in [-0.05, 0) is 37.8 Å². The molecule has 1 atom stereocenters. The van der Waals surface area contributed by atoms with E-state index < -0.39 is 0 Å². The van der Waals surface area contributed by atoms with Crippen LogP contribution >= 0.6 is 11.8 Å². The summed E-state index contributed by atoms with van der Waals surface area (Å²) in [4.78, 5) is 23.5. The first kappa shape index (κ1) is 17.0. The molecule has 0 radical (unpaired) electrons. The molecule has 1 aromatic heterocycles. The van der Waals surface area contributed by atoms with E-state index in [1.165, 1.54) is 0 Å². The van der Waals surface area contributed by atoms with Gasteiger partial charge in [-0.1, -0.05) is 19.1 Å². The maximum absolute atomic E-state index is 12.5. The Morgan fingerprint density at radius 1 is 1.33 bits per heavy atom. The maximum Gasteiger partial charge on any atom is 0.235 e. The Kier molecular flexibility index (Phi) is 5.23. The Morgan fingerprint density at radius 3 is 2.79 bits per heavy atom. The van der Waals surface area contributed by atoms with Gasteiger partial charge in [-0.3, -0.25) is 4.79 Å². The third-order valence-electron chi connectivity index (χ3n) is 4.58. The van der Waals surface area contributed by atoms with Crippen LogP contribution in [-0.2, 0) is 10.5 Å². The molecular formula is C18H24N4OS. The summed E-state index contributed by atoms with van der Waals surface area (Å²) in [7, 11) is 0. The minimum absolute atomic E-state index is 0.0882. The number of hydrogen-bond acceptors (Lipinski definition) is 5. The van der Waals surface area contributed by atoms with Crippen molar-refractivity contribution in [2.75, 3.05) is 18.8 Å². The van der Waals surface area contributed by atoms with Gasteiger partial charge in [0, 0.05) is 18.5 Å². The van der Waals surface area contributed by atoms with Crippen molar-refractivity contribution < 1.29 is 4.79 Å². The van der Waals surface area contributed by atoms with E-state index in [0.717, 1.165) is 42.8 Å². The number of carbonyl (C=O) groups excluding carboxylic acids is 1. The molecule has 1 saturated heterocycles. The number of para-hydroxylation sites is 1. The number of nitrogens with zero attached hydrogens (tertiary/aromatic N) is 3. The lowest BCUT2D eigenvalue weighted by molar-refractivity contribution is -0.131. The van der Waals surface area contributed by atoms with Crippen LogP contribution in [0, 0.1) is 5.92 Å². The Balaban J connectivity index is 1.61. The zero-order valence-corrected chi connectivity index (χ0v) is 15.1. The number of fused-ring (bicyclic) bond motifs is 1. The minimum Gasteiger partial charge on any atom is -0.383 e. The normalized spacial score (nSPS) is 17.2. The molecule has 1 fully saturated rings. The Bertz CT molecular complexity index is 728. The summed E-state index contributed by atoms with van der Waals surface area (Å²) in [6.45, 7) is 5.98. The number of nitrogen functional groups attached to an aromatic ring is 1. The quantitative estimate of drug-likeness (QED) is 0.923. The Labute approximate surface area is 147 Å². The zero-order valence-electron chi connectivity index (χ0n) is 14.2. The van der Waals surface area contributed by atoms with Crippen molar-refractivity contribution in [3.05, 3.63) is 30.1 Å². The van der Waals surface area contributed by atoms with Crippen LogP contribution in [0.2, 0.25) is 0 Å². The van der Waals surface area contributed by atoms with Crippen LogP contribution in [-0.4, -0.2) is 39.1 Å². The lowest BCUT2D eigenvalue weighted by atomic mass is 9.99. The van der Waals surface area contributed by atoms with Crippen molar-refractivity contribution in [1.82, 2.24) is 14.9 Å². The third-order valence-corrected chi connectivity index (χ3v) is 5.71. The number of hydrogen-bond donors (Lipinski definition) is 1. The van der Waals surface area contributed by atoms with Gasteiger partial charge in [0.05, 0.1) is 16.5 Å². The molecule has 0 unspecified atom stereocenters. The fourth-order valence-corrected chi connectivity index (χ4v) is 3.79. The average Bonchev–Trinajstić information content (AvgIpc) is 2.60. The lowest BCUT2D eigenvalue weighted by Crippen LogP contribution is -2.41. The second-order valence-electron chi connectivity index (χ2n) is 6.50. The van der Waals surface area contributed by atoms with Crippen molar-refractivity contribution >= 4 is 34.4 Å². The molecular weight excluding hydrogens is 320 g/mol. The molecule has 2 aromatic rings. The van der Waals surface area contributed by atoms with Crippen LogP contribution < -0.4 is 5.73 Å². The van der Waals surface area contributed by atoms with Crippen LogP contribution in [0.5, 0.6) is 0 Å². The highest BCUT2D eigenvalue weighted by Gasteiger charge is 2.24. The van der Waals surface area contributed by atoms with Crippen LogP contribution in [0.15, 0.2) is 24.3 Å². The van der Waals surface area contributed by atoms with Gasteiger partial charge >= 0.3 is 0 Å². The number of benzene rings is 1. The molecule has 0 aliphatic carbocycles. The van der Waals surface area contributed by atoms with Gasteiger partial charge < -0.3 is 10.6 Å². The second kappa shape index (κ2) is 7.38. The summed E-state index contributed by atoms with van der Waals surface area (Å²) in [5, 5.41) is 0.785. The number of likely N-dealkylation sites (tertiary alicyclic amines) is 1. The van der Waals surface area contributed by atoms with E-state index in [-0.39, 0.29) is 11.2 Å². The largest absolute Gasteiger partial charge is 0.383 e.